The van der Waals surface area contributed by atoms with E-state index >= 15 is 0 Å². The molecule has 1 aliphatic heterocycles. The Morgan fingerprint density at radius 2 is 1.79 bits per heavy atom. The average Bonchev–Trinajstić information content (AvgIpc) is 3.01. The van der Waals surface area contributed by atoms with E-state index in [4.69, 9.17) is 42.4 Å². The van der Waals surface area contributed by atoms with Crippen LogP contribution in [-0.4, -0.2) is 96.4 Å². The Labute approximate surface area is 261 Å². The zero-order valence-electron chi connectivity index (χ0n) is 25.0. The van der Waals surface area contributed by atoms with Gasteiger partial charge in [0.1, 0.15) is 17.1 Å². The summed E-state index contributed by atoms with van der Waals surface area (Å²) in [4.78, 5) is 39.4. The number of piperazine rings is 1. The molecule has 0 saturated carbocycles. The van der Waals surface area contributed by atoms with Crippen molar-refractivity contribution in [2.24, 2.45) is 0 Å². The van der Waals surface area contributed by atoms with Crippen molar-refractivity contribution in [2.45, 2.75) is 32.9 Å². The Balaban J connectivity index is 1.71. The van der Waals surface area contributed by atoms with Gasteiger partial charge in [0, 0.05) is 68.6 Å². The van der Waals surface area contributed by atoms with Crippen molar-refractivity contribution < 1.29 is 19.0 Å². The highest BCUT2D eigenvalue weighted by molar-refractivity contribution is 6.41. The molecule has 1 amide bonds. The smallest absolute Gasteiger partial charge is 0.260 e. The number of nitrogens with zero attached hydrogens (tertiary/aromatic N) is 5. The van der Waals surface area contributed by atoms with Crippen LogP contribution in [0.15, 0.2) is 35.8 Å². The molecule has 0 spiro atoms. The Hall–Kier alpha value is -3.38. The molecule has 1 aliphatic rings. The van der Waals surface area contributed by atoms with Gasteiger partial charge in [0.05, 0.1) is 36.4 Å². The third-order valence-corrected chi connectivity index (χ3v) is 8.08. The first-order valence-electron chi connectivity index (χ1n) is 14.2. The molecule has 3 aromatic rings. The van der Waals surface area contributed by atoms with E-state index < -0.39 is 0 Å². The summed E-state index contributed by atoms with van der Waals surface area (Å²) in [6.07, 6.45) is 3.69. The standard InChI is InChI=1S/C30H38Cl2N6O5/c1-6-24(39)37-13-11-36(12-14-37)9-8-10-38-28-20(17-33-30(35-28)34-19(3)18-43-7-2)15-21(29(38)40)25-26(31)22(41-4)16-23(42-5)27(25)32/h6,15-17,19H,1,7-14,18H2,2-5H3,(H,33,34,35). The maximum absolute atomic E-state index is 14.2. The Morgan fingerprint density at radius 1 is 1.12 bits per heavy atom. The van der Waals surface area contributed by atoms with Crippen LogP contribution in [0.4, 0.5) is 5.95 Å². The van der Waals surface area contributed by atoms with E-state index in [2.05, 4.69) is 21.8 Å². The van der Waals surface area contributed by atoms with E-state index in [1.54, 1.807) is 27.8 Å². The summed E-state index contributed by atoms with van der Waals surface area (Å²) in [5.74, 6) is 0.998. The molecule has 0 aliphatic carbocycles. The molecule has 232 valence electrons. The van der Waals surface area contributed by atoms with E-state index in [1.807, 2.05) is 13.8 Å². The normalized spacial score (nSPS) is 14.5. The SMILES string of the molecule is C=CC(=O)N1CCN(CCCn2c(=O)c(-c3c(Cl)c(OC)cc(OC)c3Cl)cc3cnc(NC(C)COCC)nc32)CC1. The van der Waals surface area contributed by atoms with Crippen LogP contribution in [0.1, 0.15) is 20.3 Å². The fraction of sp³-hybridized carbons (Fsp3) is 0.467. The fourth-order valence-electron chi connectivity index (χ4n) is 5.07. The minimum absolute atomic E-state index is 0.0367. The Kier molecular flexibility index (Phi) is 11.3. The first-order chi connectivity index (χ1) is 20.7. The molecule has 13 heteroatoms. The number of aryl methyl sites for hydroxylation is 1. The van der Waals surface area contributed by atoms with Gasteiger partial charge in [0.15, 0.2) is 0 Å². The predicted octanol–water partition coefficient (Wildman–Crippen LogP) is 4.34. The molecule has 0 bridgehead atoms. The number of aromatic nitrogens is 3. The number of carbonyl (C=O) groups is 1. The minimum atomic E-state index is -0.306. The molecule has 11 nitrogen and oxygen atoms in total. The largest absolute Gasteiger partial charge is 0.495 e. The van der Waals surface area contributed by atoms with Crippen LogP contribution in [0, 0.1) is 0 Å². The summed E-state index contributed by atoms with van der Waals surface area (Å²) in [6.45, 7) is 12.5. The van der Waals surface area contributed by atoms with Gasteiger partial charge in [-0.1, -0.05) is 29.8 Å². The van der Waals surface area contributed by atoms with E-state index in [0.29, 0.717) is 73.3 Å². The van der Waals surface area contributed by atoms with E-state index in [1.165, 1.54) is 20.3 Å². The first kappa shape index (κ1) is 32.5. The third-order valence-electron chi connectivity index (χ3n) is 7.33. The summed E-state index contributed by atoms with van der Waals surface area (Å²) < 4.78 is 18.0. The highest BCUT2D eigenvalue weighted by atomic mass is 35.5. The number of rotatable bonds is 13. The molecular weight excluding hydrogens is 595 g/mol. The third kappa shape index (κ3) is 7.41. The lowest BCUT2D eigenvalue weighted by Crippen LogP contribution is -2.48. The van der Waals surface area contributed by atoms with Crippen LogP contribution < -0.4 is 20.3 Å². The molecule has 3 heterocycles. The van der Waals surface area contributed by atoms with Crippen LogP contribution in [0.25, 0.3) is 22.2 Å². The summed E-state index contributed by atoms with van der Waals surface area (Å²) >= 11 is 13.4. The van der Waals surface area contributed by atoms with Crippen molar-refractivity contribution in [3.63, 3.8) is 0 Å². The number of nitrogens with one attached hydrogen (secondary N) is 1. The maximum Gasteiger partial charge on any atom is 0.260 e. The number of amides is 1. The van der Waals surface area contributed by atoms with Crippen molar-refractivity contribution >= 4 is 46.1 Å². The van der Waals surface area contributed by atoms with Gasteiger partial charge < -0.3 is 24.4 Å². The van der Waals surface area contributed by atoms with Gasteiger partial charge >= 0.3 is 0 Å². The summed E-state index contributed by atoms with van der Waals surface area (Å²) in [5.41, 5.74) is 0.777. The number of hydrogen-bond donors (Lipinski definition) is 1. The Morgan fingerprint density at radius 3 is 2.40 bits per heavy atom. The molecule has 0 radical (unpaired) electrons. The van der Waals surface area contributed by atoms with Gasteiger partial charge in [-0.25, -0.2) is 4.98 Å². The summed E-state index contributed by atoms with van der Waals surface area (Å²) in [7, 11) is 2.97. The van der Waals surface area contributed by atoms with Gasteiger partial charge in [-0.05, 0) is 39.0 Å². The topological polar surface area (TPSA) is 111 Å². The second-order valence-electron chi connectivity index (χ2n) is 10.2. The van der Waals surface area contributed by atoms with Crippen molar-refractivity contribution in [3.8, 4) is 22.6 Å². The van der Waals surface area contributed by atoms with Crippen molar-refractivity contribution in [3.05, 3.63) is 51.4 Å². The monoisotopic (exact) mass is 632 g/mol. The number of methoxy groups -OCH3 is 2. The van der Waals surface area contributed by atoms with Crippen LogP contribution in [0.2, 0.25) is 10.0 Å². The molecule has 1 N–H and O–H groups in total. The number of halogens is 2. The highest BCUT2D eigenvalue weighted by Crippen LogP contribution is 2.45. The molecule has 4 rings (SSSR count). The quantitative estimate of drug-likeness (QED) is 0.275. The second-order valence-corrected chi connectivity index (χ2v) is 11.0. The fourth-order valence-corrected chi connectivity index (χ4v) is 5.77. The number of carbonyl (C=O) groups excluding carboxylic acids is 1. The summed E-state index contributed by atoms with van der Waals surface area (Å²) in [5, 5.41) is 4.29. The van der Waals surface area contributed by atoms with Gasteiger partial charge in [-0.2, -0.15) is 4.98 Å². The molecule has 1 saturated heterocycles. The van der Waals surface area contributed by atoms with Gasteiger partial charge in [-0.3, -0.25) is 19.1 Å². The average molecular weight is 634 g/mol. The maximum atomic E-state index is 14.2. The van der Waals surface area contributed by atoms with E-state index in [0.717, 1.165) is 19.6 Å². The van der Waals surface area contributed by atoms with Crippen molar-refractivity contribution in [1.82, 2.24) is 24.3 Å². The molecule has 1 fully saturated rings. The van der Waals surface area contributed by atoms with Crippen LogP contribution in [-0.2, 0) is 16.1 Å². The Bertz CT molecular complexity index is 1500. The second kappa shape index (κ2) is 14.9. The van der Waals surface area contributed by atoms with Crippen molar-refractivity contribution in [1.29, 1.82) is 0 Å². The number of hydrogen-bond acceptors (Lipinski definition) is 9. The molecule has 1 unspecified atom stereocenters. The van der Waals surface area contributed by atoms with Gasteiger partial charge in [-0.15, -0.1) is 0 Å². The molecule has 43 heavy (non-hydrogen) atoms. The van der Waals surface area contributed by atoms with Crippen LogP contribution in [0.3, 0.4) is 0 Å². The lowest BCUT2D eigenvalue weighted by atomic mass is 10.0. The van der Waals surface area contributed by atoms with Gasteiger partial charge in [0.2, 0.25) is 11.9 Å². The van der Waals surface area contributed by atoms with E-state index in [-0.39, 0.29) is 33.1 Å². The molecular formula is C30H38Cl2N6O5. The van der Waals surface area contributed by atoms with Crippen LogP contribution >= 0.6 is 23.2 Å². The van der Waals surface area contributed by atoms with E-state index in [9.17, 15) is 9.59 Å². The number of fused-ring (bicyclic) bond motifs is 1. The first-order valence-corrected chi connectivity index (χ1v) is 15.0. The minimum Gasteiger partial charge on any atom is -0.495 e. The molecule has 2 aromatic heterocycles. The lowest BCUT2D eigenvalue weighted by Gasteiger charge is -2.34. The zero-order valence-corrected chi connectivity index (χ0v) is 26.5. The molecule has 1 atom stereocenters. The number of benzene rings is 1. The number of pyridine rings is 1. The summed E-state index contributed by atoms with van der Waals surface area (Å²) in [6, 6.07) is 3.24. The van der Waals surface area contributed by atoms with Gasteiger partial charge in [0.25, 0.3) is 5.56 Å². The zero-order chi connectivity index (χ0) is 31.1. The highest BCUT2D eigenvalue weighted by Gasteiger charge is 2.24. The predicted molar refractivity (Wildman–Crippen MR) is 170 cm³/mol. The van der Waals surface area contributed by atoms with Crippen LogP contribution in [0.5, 0.6) is 11.5 Å². The lowest BCUT2D eigenvalue weighted by molar-refractivity contribution is -0.127. The van der Waals surface area contributed by atoms with Crippen molar-refractivity contribution in [2.75, 3.05) is 65.5 Å². The number of ether oxygens (including phenoxy) is 3. The number of anilines is 1. The molecule has 1 aromatic carbocycles.